The summed E-state index contributed by atoms with van der Waals surface area (Å²) in [5.41, 5.74) is 0.520. The van der Waals surface area contributed by atoms with Gasteiger partial charge < -0.3 is 0 Å². The van der Waals surface area contributed by atoms with E-state index in [2.05, 4.69) is 22.0 Å². The molecule has 1 radical (unpaired) electrons. The zero-order chi connectivity index (χ0) is 11.7. The minimum atomic E-state index is -0.347. The van der Waals surface area contributed by atoms with Gasteiger partial charge in [-0.25, -0.2) is 4.39 Å². The second kappa shape index (κ2) is 4.78. The molecule has 0 heterocycles. The van der Waals surface area contributed by atoms with E-state index in [4.69, 9.17) is 23.8 Å². The van der Waals surface area contributed by atoms with Crippen LogP contribution in [0.25, 0.3) is 0 Å². The Labute approximate surface area is 112 Å². The van der Waals surface area contributed by atoms with Gasteiger partial charge in [0.05, 0.1) is 0 Å². The minimum Gasteiger partial charge on any atom is -0.207 e. The molecule has 0 saturated carbocycles. The second-order valence-corrected chi connectivity index (χ2v) is 5.14. The molecule has 1 atom stereocenters. The van der Waals surface area contributed by atoms with Gasteiger partial charge in [0.2, 0.25) is 0 Å². The lowest BCUT2D eigenvalue weighted by Gasteiger charge is -2.16. The standard InChI is InChI=1S/C12H6BrClFS/c13-7-1-4-12(16)10(5-7)9-3-2-8(14)6-11(9)15/h1-3,5-6,10H. The van der Waals surface area contributed by atoms with Crippen molar-refractivity contribution in [3.8, 4) is 0 Å². The van der Waals surface area contributed by atoms with E-state index in [1.165, 1.54) is 6.07 Å². The molecule has 0 saturated heterocycles. The first-order valence-corrected chi connectivity index (χ1v) is 6.12. The lowest BCUT2D eigenvalue weighted by atomic mass is 9.92. The molecular formula is C12H6BrClFS. The summed E-state index contributed by atoms with van der Waals surface area (Å²) >= 11 is 14.2. The summed E-state index contributed by atoms with van der Waals surface area (Å²) in [6.07, 6.45) is 6.49. The Balaban J connectivity index is 2.44. The van der Waals surface area contributed by atoms with Crippen LogP contribution in [0.2, 0.25) is 5.02 Å². The number of hydrogen-bond acceptors (Lipinski definition) is 1. The molecule has 2 rings (SSSR count). The van der Waals surface area contributed by atoms with Crippen molar-refractivity contribution < 1.29 is 4.39 Å². The normalized spacial score (nSPS) is 19.8. The Morgan fingerprint density at radius 1 is 1.44 bits per heavy atom. The number of allylic oxidation sites excluding steroid dienone is 4. The topological polar surface area (TPSA) is 0 Å². The van der Waals surface area contributed by atoms with E-state index >= 15 is 0 Å². The van der Waals surface area contributed by atoms with Crippen LogP contribution in [-0.4, -0.2) is 4.86 Å². The summed E-state index contributed by atoms with van der Waals surface area (Å²) in [6, 6.07) is 4.60. The summed E-state index contributed by atoms with van der Waals surface area (Å²) in [5.74, 6) is -0.605. The highest BCUT2D eigenvalue weighted by Gasteiger charge is 2.19. The van der Waals surface area contributed by atoms with Gasteiger partial charge in [0, 0.05) is 25.9 Å². The van der Waals surface area contributed by atoms with Gasteiger partial charge in [-0.3, -0.25) is 0 Å². The summed E-state index contributed by atoms with van der Waals surface area (Å²) in [4.78, 5) is 0.574. The number of rotatable bonds is 1. The van der Waals surface area contributed by atoms with E-state index in [-0.39, 0.29) is 11.7 Å². The first-order chi connectivity index (χ1) is 7.58. The van der Waals surface area contributed by atoms with E-state index < -0.39 is 0 Å². The monoisotopic (exact) mass is 315 g/mol. The molecular weight excluding hydrogens is 311 g/mol. The summed E-state index contributed by atoms with van der Waals surface area (Å²) < 4.78 is 14.6. The lowest BCUT2D eigenvalue weighted by molar-refractivity contribution is 0.612. The molecule has 0 aliphatic heterocycles. The molecule has 1 aromatic rings. The SMILES string of the molecule is Fc1cc(Cl)ccc1C1C=C(Br)C=[C]C1=S. The number of benzene rings is 1. The fraction of sp³-hybridized carbons (Fsp3) is 0.0833. The van der Waals surface area contributed by atoms with Crippen molar-refractivity contribution in [3.05, 3.63) is 57.3 Å². The average Bonchev–Trinajstić information content (AvgIpc) is 2.22. The Morgan fingerprint density at radius 2 is 2.19 bits per heavy atom. The van der Waals surface area contributed by atoms with Crippen molar-refractivity contribution in [1.29, 1.82) is 0 Å². The predicted octanol–water partition coefficient (Wildman–Crippen LogP) is 4.58. The first kappa shape index (κ1) is 12.0. The van der Waals surface area contributed by atoms with Crippen molar-refractivity contribution in [2.45, 2.75) is 5.92 Å². The maximum atomic E-state index is 13.7. The molecule has 4 heteroatoms. The zero-order valence-corrected chi connectivity index (χ0v) is 11.2. The largest absolute Gasteiger partial charge is 0.207 e. The van der Waals surface area contributed by atoms with Gasteiger partial charge in [-0.1, -0.05) is 51.9 Å². The number of hydrogen-bond donors (Lipinski definition) is 0. The van der Waals surface area contributed by atoms with Crippen LogP contribution in [0.1, 0.15) is 11.5 Å². The van der Waals surface area contributed by atoms with E-state index in [9.17, 15) is 4.39 Å². The molecule has 16 heavy (non-hydrogen) atoms. The Morgan fingerprint density at radius 3 is 2.88 bits per heavy atom. The van der Waals surface area contributed by atoms with Gasteiger partial charge >= 0.3 is 0 Å². The van der Waals surface area contributed by atoms with Crippen molar-refractivity contribution in [3.63, 3.8) is 0 Å². The van der Waals surface area contributed by atoms with Crippen LogP contribution in [0.3, 0.4) is 0 Å². The average molecular weight is 317 g/mol. The summed E-state index contributed by atoms with van der Waals surface area (Å²) in [7, 11) is 0. The van der Waals surface area contributed by atoms with Crippen LogP contribution < -0.4 is 0 Å². The molecule has 0 N–H and O–H groups in total. The minimum absolute atomic E-state index is 0.258. The molecule has 0 aromatic heterocycles. The van der Waals surface area contributed by atoms with Crippen molar-refractivity contribution in [2.24, 2.45) is 0 Å². The van der Waals surface area contributed by atoms with E-state index in [0.717, 1.165) is 4.48 Å². The van der Waals surface area contributed by atoms with Crippen molar-refractivity contribution in [2.75, 3.05) is 0 Å². The molecule has 1 aromatic carbocycles. The van der Waals surface area contributed by atoms with Crippen LogP contribution >= 0.6 is 39.7 Å². The molecule has 0 spiro atoms. The van der Waals surface area contributed by atoms with Gasteiger partial charge in [-0.05, 0) is 24.3 Å². The van der Waals surface area contributed by atoms with Gasteiger partial charge in [0.25, 0.3) is 0 Å². The second-order valence-electron chi connectivity index (χ2n) is 3.35. The third-order valence-electron chi connectivity index (χ3n) is 2.26. The predicted molar refractivity (Wildman–Crippen MR) is 71.6 cm³/mol. The van der Waals surface area contributed by atoms with Crippen LogP contribution in [-0.2, 0) is 0 Å². The van der Waals surface area contributed by atoms with Gasteiger partial charge in [0.1, 0.15) is 5.82 Å². The zero-order valence-electron chi connectivity index (χ0n) is 8.01. The molecule has 1 unspecified atom stereocenters. The maximum Gasteiger partial charge on any atom is 0.128 e. The van der Waals surface area contributed by atoms with Crippen LogP contribution in [0.4, 0.5) is 4.39 Å². The van der Waals surface area contributed by atoms with Crippen LogP contribution in [0.15, 0.2) is 34.8 Å². The fourth-order valence-electron chi connectivity index (χ4n) is 1.50. The van der Waals surface area contributed by atoms with Gasteiger partial charge in [0.15, 0.2) is 0 Å². The molecule has 1 aliphatic rings. The molecule has 0 fully saturated rings. The lowest BCUT2D eigenvalue weighted by Crippen LogP contribution is -2.10. The molecule has 0 bridgehead atoms. The smallest absolute Gasteiger partial charge is 0.128 e. The molecule has 0 amide bonds. The van der Waals surface area contributed by atoms with E-state index in [0.29, 0.717) is 15.5 Å². The van der Waals surface area contributed by atoms with Crippen molar-refractivity contribution >= 4 is 44.6 Å². The highest BCUT2D eigenvalue weighted by molar-refractivity contribution is 9.11. The first-order valence-electron chi connectivity index (χ1n) is 4.54. The van der Waals surface area contributed by atoms with Crippen LogP contribution in [0, 0.1) is 11.9 Å². The highest BCUT2D eigenvalue weighted by Crippen LogP contribution is 2.30. The third-order valence-corrected chi connectivity index (χ3v) is 3.36. The van der Waals surface area contributed by atoms with E-state index in [1.54, 1.807) is 18.2 Å². The van der Waals surface area contributed by atoms with Crippen LogP contribution in [0.5, 0.6) is 0 Å². The van der Waals surface area contributed by atoms with Gasteiger partial charge in [-0.2, -0.15) is 0 Å². The molecule has 0 nitrogen and oxygen atoms in total. The summed E-state index contributed by atoms with van der Waals surface area (Å²) in [6.45, 7) is 0. The molecule has 81 valence electrons. The van der Waals surface area contributed by atoms with Crippen molar-refractivity contribution in [1.82, 2.24) is 0 Å². The Hall–Kier alpha value is -0.510. The third kappa shape index (κ3) is 2.42. The highest BCUT2D eigenvalue weighted by atomic mass is 79.9. The summed E-state index contributed by atoms with van der Waals surface area (Å²) in [5, 5.41) is 0.380. The van der Waals surface area contributed by atoms with E-state index in [1.807, 2.05) is 6.08 Å². The molecule has 1 aliphatic carbocycles. The number of thiocarbonyl (C=S) groups is 1. The number of halogens is 3. The fourth-order valence-corrected chi connectivity index (χ4v) is 2.29. The van der Waals surface area contributed by atoms with Gasteiger partial charge in [-0.15, -0.1) is 0 Å². The maximum absolute atomic E-state index is 13.7. The Bertz CT molecular complexity index is 508. The Kier molecular flexibility index (Phi) is 3.57. The quantitative estimate of drug-likeness (QED) is 0.683.